The van der Waals surface area contributed by atoms with Gasteiger partial charge in [0.05, 0.1) is 6.61 Å². The van der Waals surface area contributed by atoms with Gasteiger partial charge in [-0.1, -0.05) is 0 Å². The average Bonchev–Trinajstić information content (AvgIpc) is 2.52. The first-order chi connectivity index (χ1) is 11.3. The van der Waals surface area contributed by atoms with Gasteiger partial charge in [-0.25, -0.2) is 4.98 Å². The summed E-state index contributed by atoms with van der Waals surface area (Å²) in [6.07, 6.45) is -3.93. The van der Waals surface area contributed by atoms with E-state index < -0.39 is 12.1 Å². The van der Waals surface area contributed by atoms with Crippen LogP contribution in [0.3, 0.4) is 0 Å². The third-order valence-electron chi connectivity index (χ3n) is 3.55. The summed E-state index contributed by atoms with van der Waals surface area (Å²) in [7, 11) is 0. The van der Waals surface area contributed by atoms with E-state index >= 15 is 0 Å². The Morgan fingerprint density at radius 1 is 1.29 bits per heavy atom. The molecule has 1 fully saturated rings. The highest BCUT2D eigenvalue weighted by atomic mass is 19.4. The molecule has 0 unspecified atom stereocenters. The number of rotatable bonds is 4. The van der Waals surface area contributed by atoms with Crippen LogP contribution < -0.4 is 9.64 Å². The zero-order chi connectivity index (χ0) is 17.7. The van der Waals surface area contributed by atoms with Crippen molar-refractivity contribution in [1.29, 1.82) is 0 Å². The number of alkyl halides is 3. The van der Waals surface area contributed by atoms with Crippen LogP contribution in [-0.2, 0) is 4.79 Å². The van der Waals surface area contributed by atoms with Crippen molar-refractivity contribution in [3.63, 3.8) is 0 Å². The largest absolute Gasteiger partial charge is 0.494 e. The van der Waals surface area contributed by atoms with Gasteiger partial charge in [-0.2, -0.15) is 13.2 Å². The maximum absolute atomic E-state index is 12.1. The Labute approximate surface area is 138 Å². The van der Waals surface area contributed by atoms with Crippen molar-refractivity contribution in [3.05, 3.63) is 30.0 Å². The number of halogens is 3. The summed E-state index contributed by atoms with van der Waals surface area (Å²) in [5.41, 5.74) is 0.822. The molecule has 2 heterocycles. The lowest BCUT2D eigenvalue weighted by atomic mass is 10.2. The first-order valence-corrected chi connectivity index (χ1v) is 7.70. The van der Waals surface area contributed by atoms with Crippen molar-refractivity contribution in [1.82, 2.24) is 9.88 Å². The molecule has 0 aliphatic carbocycles. The molecule has 0 aromatic carbocycles. The molecule has 1 aliphatic heterocycles. The number of allylic oxidation sites excluding steroid dienone is 1. The van der Waals surface area contributed by atoms with Gasteiger partial charge in [-0.3, -0.25) is 4.79 Å². The second-order valence-electron chi connectivity index (χ2n) is 5.42. The topological polar surface area (TPSA) is 45.7 Å². The van der Waals surface area contributed by atoms with Crippen LogP contribution in [0.25, 0.3) is 0 Å². The lowest BCUT2D eigenvalue weighted by Gasteiger charge is -2.35. The SMILES string of the molecule is CCOc1cc(C)nc(N2CCN(C(=O)/C=C/C(F)(F)F)CC2)c1. The van der Waals surface area contributed by atoms with E-state index in [1.807, 2.05) is 30.9 Å². The van der Waals surface area contributed by atoms with Gasteiger partial charge >= 0.3 is 6.18 Å². The monoisotopic (exact) mass is 343 g/mol. The zero-order valence-corrected chi connectivity index (χ0v) is 13.6. The predicted molar refractivity (Wildman–Crippen MR) is 84.1 cm³/mol. The van der Waals surface area contributed by atoms with Crippen molar-refractivity contribution in [2.24, 2.45) is 0 Å². The fraction of sp³-hybridized carbons (Fsp3) is 0.500. The molecule has 1 amide bonds. The number of amides is 1. The van der Waals surface area contributed by atoms with Gasteiger partial charge < -0.3 is 14.5 Å². The van der Waals surface area contributed by atoms with Crippen LogP contribution >= 0.6 is 0 Å². The predicted octanol–water partition coefficient (Wildman–Crippen LogP) is 2.56. The highest BCUT2D eigenvalue weighted by molar-refractivity contribution is 5.87. The summed E-state index contributed by atoms with van der Waals surface area (Å²) < 4.78 is 41.9. The molecule has 0 N–H and O–H groups in total. The highest BCUT2D eigenvalue weighted by Gasteiger charge is 2.25. The van der Waals surface area contributed by atoms with E-state index in [2.05, 4.69) is 4.98 Å². The maximum atomic E-state index is 12.1. The van der Waals surface area contributed by atoms with Crippen LogP contribution in [0.4, 0.5) is 19.0 Å². The number of anilines is 1. The number of aromatic nitrogens is 1. The van der Waals surface area contributed by atoms with E-state index in [0.29, 0.717) is 38.9 Å². The molecular weight excluding hydrogens is 323 g/mol. The van der Waals surface area contributed by atoms with Crippen molar-refractivity contribution >= 4 is 11.7 Å². The molecule has 0 bridgehead atoms. The first-order valence-electron chi connectivity index (χ1n) is 7.70. The number of carbonyl (C=O) groups is 1. The van der Waals surface area contributed by atoms with Crippen molar-refractivity contribution in [3.8, 4) is 5.75 Å². The molecular formula is C16H20F3N3O2. The number of ether oxygens (including phenoxy) is 1. The Morgan fingerprint density at radius 2 is 1.96 bits per heavy atom. The van der Waals surface area contributed by atoms with Crippen LogP contribution in [0.1, 0.15) is 12.6 Å². The Balaban J connectivity index is 1.98. The zero-order valence-electron chi connectivity index (χ0n) is 13.6. The second kappa shape index (κ2) is 7.55. The van der Waals surface area contributed by atoms with Crippen molar-refractivity contribution in [2.75, 3.05) is 37.7 Å². The number of carbonyl (C=O) groups excluding carboxylic acids is 1. The lowest BCUT2D eigenvalue weighted by molar-refractivity contribution is -0.127. The molecule has 0 radical (unpaired) electrons. The van der Waals surface area contributed by atoms with Gasteiger partial charge in [0.1, 0.15) is 11.6 Å². The smallest absolute Gasteiger partial charge is 0.409 e. The second-order valence-corrected chi connectivity index (χ2v) is 5.42. The van der Waals surface area contributed by atoms with E-state index in [9.17, 15) is 18.0 Å². The van der Waals surface area contributed by atoms with Crippen LogP contribution in [-0.4, -0.2) is 54.8 Å². The van der Waals surface area contributed by atoms with E-state index in [-0.39, 0.29) is 6.08 Å². The van der Waals surface area contributed by atoms with Crippen molar-refractivity contribution in [2.45, 2.75) is 20.0 Å². The third-order valence-corrected chi connectivity index (χ3v) is 3.55. The van der Waals surface area contributed by atoms with Gasteiger partial charge in [0.25, 0.3) is 0 Å². The van der Waals surface area contributed by atoms with Gasteiger partial charge in [0, 0.05) is 56.2 Å². The number of piperazine rings is 1. The molecule has 0 saturated carbocycles. The third kappa shape index (κ3) is 5.14. The average molecular weight is 343 g/mol. The van der Waals surface area contributed by atoms with Gasteiger partial charge in [0.15, 0.2) is 0 Å². The number of pyridine rings is 1. The minimum absolute atomic E-state index is 0.0296. The summed E-state index contributed by atoms with van der Waals surface area (Å²) >= 11 is 0. The molecule has 1 aromatic rings. The summed E-state index contributed by atoms with van der Waals surface area (Å²) in [6.45, 7) is 6.03. The Bertz CT molecular complexity index is 609. The molecule has 1 aromatic heterocycles. The molecule has 5 nitrogen and oxygen atoms in total. The van der Waals surface area contributed by atoms with Gasteiger partial charge in [-0.15, -0.1) is 0 Å². The fourth-order valence-corrected chi connectivity index (χ4v) is 2.46. The van der Waals surface area contributed by atoms with Crippen LogP contribution in [0.5, 0.6) is 5.75 Å². The Morgan fingerprint density at radius 3 is 2.54 bits per heavy atom. The summed E-state index contributed by atoms with van der Waals surface area (Å²) in [4.78, 5) is 19.6. The molecule has 2 rings (SSSR count). The lowest BCUT2D eigenvalue weighted by Crippen LogP contribution is -2.48. The summed E-state index contributed by atoms with van der Waals surface area (Å²) in [5.74, 6) is 0.849. The first kappa shape index (κ1) is 18.1. The van der Waals surface area contributed by atoms with E-state index in [0.717, 1.165) is 17.3 Å². The number of aryl methyl sites for hydroxylation is 1. The summed E-state index contributed by atoms with van der Waals surface area (Å²) in [5, 5.41) is 0. The number of nitrogens with zero attached hydrogens (tertiary/aromatic N) is 3. The van der Waals surface area contributed by atoms with Gasteiger partial charge in [0.2, 0.25) is 5.91 Å². The molecule has 132 valence electrons. The van der Waals surface area contributed by atoms with Crippen molar-refractivity contribution < 1.29 is 22.7 Å². The van der Waals surface area contributed by atoms with E-state index in [1.54, 1.807) is 0 Å². The Hall–Kier alpha value is -2.25. The van der Waals surface area contributed by atoms with Gasteiger partial charge in [-0.05, 0) is 13.8 Å². The Kier molecular flexibility index (Phi) is 5.69. The molecule has 1 aliphatic rings. The molecule has 0 atom stereocenters. The normalized spacial score (nSPS) is 15.9. The highest BCUT2D eigenvalue weighted by Crippen LogP contribution is 2.22. The standard InChI is InChI=1S/C16H20F3N3O2/c1-3-24-13-10-12(2)20-14(11-13)21-6-8-22(9-7-21)15(23)4-5-16(17,18)19/h4-5,10-11H,3,6-9H2,1-2H3/b5-4+. The van der Waals surface area contributed by atoms with E-state index in [4.69, 9.17) is 4.74 Å². The van der Waals surface area contributed by atoms with E-state index in [1.165, 1.54) is 4.90 Å². The molecule has 0 spiro atoms. The molecule has 1 saturated heterocycles. The van der Waals surface area contributed by atoms with Crippen LogP contribution in [0.2, 0.25) is 0 Å². The number of hydrogen-bond donors (Lipinski definition) is 0. The van der Waals surface area contributed by atoms with Crippen LogP contribution in [0.15, 0.2) is 24.3 Å². The quantitative estimate of drug-likeness (QED) is 0.789. The molecule has 24 heavy (non-hydrogen) atoms. The number of hydrogen-bond acceptors (Lipinski definition) is 4. The maximum Gasteiger partial charge on any atom is 0.409 e. The minimum Gasteiger partial charge on any atom is -0.494 e. The summed E-state index contributed by atoms with van der Waals surface area (Å²) in [6, 6.07) is 3.67. The van der Waals surface area contributed by atoms with Crippen LogP contribution in [0, 0.1) is 6.92 Å². The molecule has 8 heteroatoms. The minimum atomic E-state index is -4.47. The fourth-order valence-electron chi connectivity index (χ4n) is 2.46.